The molecule has 1 aromatic heterocycles. The van der Waals surface area contributed by atoms with E-state index in [1.165, 1.54) is 44.3 Å². The molecule has 2 rings (SSSR count). The van der Waals surface area contributed by atoms with E-state index in [4.69, 9.17) is 5.73 Å². The molecular formula is C15H26N2S. The lowest BCUT2D eigenvalue weighted by Gasteiger charge is -2.43. The van der Waals surface area contributed by atoms with Gasteiger partial charge in [-0.2, -0.15) is 11.3 Å². The third-order valence-corrected chi connectivity index (χ3v) is 5.65. The van der Waals surface area contributed by atoms with Crippen molar-refractivity contribution in [2.24, 2.45) is 11.1 Å². The smallest absolute Gasteiger partial charge is 0.0478 e. The Balaban J connectivity index is 2.00. The molecule has 2 heterocycles. The van der Waals surface area contributed by atoms with Gasteiger partial charge in [-0.05, 0) is 53.7 Å². The third-order valence-electron chi connectivity index (χ3n) is 4.95. The van der Waals surface area contributed by atoms with E-state index in [1.807, 2.05) is 0 Å². The minimum atomic E-state index is 0.433. The number of piperidine rings is 1. The van der Waals surface area contributed by atoms with E-state index >= 15 is 0 Å². The standard InChI is InChI=1S/C15H26N2S/c1-3-15(4-2)6-8-17(9-7-15)14(11-16)13-5-10-18-12-13/h5,10,12,14H,3-4,6-9,11,16H2,1-2H3. The lowest BCUT2D eigenvalue weighted by molar-refractivity contribution is 0.0681. The first-order valence-electron chi connectivity index (χ1n) is 7.21. The van der Waals surface area contributed by atoms with Crippen LogP contribution >= 0.6 is 11.3 Å². The van der Waals surface area contributed by atoms with Gasteiger partial charge in [-0.1, -0.05) is 26.7 Å². The summed E-state index contributed by atoms with van der Waals surface area (Å²) in [4.78, 5) is 2.59. The fraction of sp³-hybridized carbons (Fsp3) is 0.733. The van der Waals surface area contributed by atoms with Gasteiger partial charge in [-0.3, -0.25) is 4.90 Å². The summed E-state index contributed by atoms with van der Waals surface area (Å²) < 4.78 is 0. The van der Waals surface area contributed by atoms with E-state index in [0.717, 1.165) is 6.54 Å². The fourth-order valence-corrected chi connectivity index (χ4v) is 3.93. The first kappa shape index (κ1) is 14.0. The SMILES string of the molecule is CCC1(CC)CCN(C(CN)c2ccsc2)CC1. The normalized spacial score (nSPS) is 21.9. The van der Waals surface area contributed by atoms with Crippen LogP contribution in [0.15, 0.2) is 16.8 Å². The third kappa shape index (κ3) is 2.79. The zero-order chi connectivity index (χ0) is 13.0. The van der Waals surface area contributed by atoms with Crippen molar-refractivity contribution in [1.82, 2.24) is 4.90 Å². The summed E-state index contributed by atoms with van der Waals surface area (Å²) in [5, 5.41) is 4.41. The maximum Gasteiger partial charge on any atom is 0.0478 e. The summed E-state index contributed by atoms with van der Waals surface area (Å²) in [6.07, 6.45) is 5.31. The van der Waals surface area contributed by atoms with Crippen molar-refractivity contribution in [2.45, 2.75) is 45.6 Å². The Morgan fingerprint density at radius 1 is 1.33 bits per heavy atom. The van der Waals surface area contributed by atoms with Crippen molar-refractivity contribution in [1.29, 1.82) is 0 Å². The van der Waals surface area contributed by atoms with Crippen LogP contribution in [-0.2, 0) is 0 Å². The summed E-state index contributed by atoms with van der Waals surface area (Å²) >= 11 is 1.77. The Labute approximate surface area is 115 Å². The van der Waals surface area contributed by atoms with E-state index in [9.17, 15) is 0 Å². The van der Waals surface area contributed by atoms with Gasteiger partial charge in [0.1, 0.15) is 0 Å². The second-order valence-electron chi connectivity index (χ2n) is 5.55. The Kier molecular flexibility index (Phi) is 4.82. The zero-order valence-corrected chi connectivity index (χ0v) is 12.5. The van der Waals surface area contributed by atoms with Gasteiger partial charge in [0.15, 0.2) is 0 Å². The van der Waals surface area contributed by atoms with E-state index in [-0.39, 0.29) is 0 Å². The number of thiophene rings is 1. The summed E-state index contributed by atoms with van der Waals surface area (Å²) in [6.45, 7) is 7.84. The predicted molar refractivity (Wildman–Crippen MR) is 79.9 cm³/mol. The van der Waals surface area contributed by atoms with Crippen molar-refractivity contribution in [3.63, 3.8) is 0 Å². The summed E-state index contributed by atoms with van der Waals surface area (Å²) in [7, 11) is 0. The molecule has 0 aliphatic carbocycles. The molecule has 1 aliphatic heterocycles. The van der Waals surface area contributed by atoms with Crippen molar-refractivity contribution >= 4 is 11.3 Å². The van der Waals surface area contributed by atoms with Crippen LogP contribution in [0.2, 0.25) is 0 Å². The lowest BCUT2D eigenvalue weighted by atomic mass is 9.74. The average molecular weight is 266 g/mol. The maximum atomic E-state index is 5.99. The molecule has 1 fully saturated rings. The van der Waals surface area contributed by atoms with Crippen LogP contribution in [0.25, 0.3) is 0 Å². The van der Waals surface area contributed by atoms with Crippen LogP contribution in [-0.4, -0.2) is 24.5 Å². The Bertz CT molecular complexity index is 333. The molecule has 1 atom stereocenters. The quantitative estimate of drug-likeness (QED) is 0.881. The molecule has 1 unspecified atom stereocenters. The Hall–Kier alpha value is -0.380. The molecule has 0 spiro atoms. The number of hydrogen-bond acceptors (Lipinski definition) is 3. The van der Waals surface area contributed by atoms with E-state index < -0.39 is 0 Å². The molecule has 1 aromatic rings. The van der Waals surface area contributed by atoms with Gasteiger partial charge in [0.05, 0.1) is 0 Å². The maximum absolute atomic E-state index is 5.99. The first-order valence-corrected chi connectivity index (χ1v) is 8.15. The first-order chi connectivity index (χ1) is 8.74. The van der Waals surface area contributed by atoms with Gasteiger partial charge in [-0.25, -0.2) is 0 Å². The second-order valence-corrected chi connectivity index (χ2v) is 6.33. The summed E-state index contributed by atoms with van der Waals surface area (Å²) in [6, 6.07) is 2.66. The van der Waals surface area contributed by atoms with Crippen LogP contribution in [0.4, 0.5) is 0 Å². The Morgan fingerprint density at radius 2 is 2.00 bits per heavy atom. The van der Waals surface area contributed by atoms with Crippen LogP contribution in [0.1, 0.15) is 51.1 Å². The van der Waals surface area contributed by atoms with Crippen molar-refractivity contribution in [2.75, 3.05) is 19.6 Å². The molecule has 0 radical (unpaired) electrons. The molecule has 2 N–H and O–H groups in total. The number of likely N-dealkylation sites (tertiary alicyclic amines) is 1. The van der Waals surface area contributed by atoms with Crippen LogP contribution in [0.3, 0.4) is 0 Å². The van der Waals surface area contributed by atoms with Crippen molar-refractivity contribution in [3.8, 4) is 0 Å². The van der Waals surface area contributed by atoms with Gasteiger partial charge in [0.25, 0.3) is 0 Å². The van der Waals surface area contributed by atoms with E-state index in [2.05, 4.69) is 35.6 Å². The molecule has 1 saturated heterocycles. The largest absolute Gasteiger partial charge is 0.329 e. The minimum absolute atomic E-state index is 0.433. The molecule has 0 aromatic carbocycles. The highest BCUT2D eigenvalue weighted by Gasteiger charge is 2.33. The van der Waals surface area contributed by atoms with Gasteiger partial charge in [-0.15, -0.1) is 0 Å². The highest BCUT2D eigenvalue weighted by atomic mass is 32.1. The Morgan fingerprint density at radius 3 is 2.44 bits per heavy atom. The molecule has 0 bridgehead atoms. The van der Waals surface area contributed by atoms with Crippen LogP contribution < -0.4 is 5.73 Å². The van der Waals surface area contributed by atoms with Gasteiger partial charge < -0.3 is 5.73 Å². The monoisotopic (exact) mass is 266 g/mol. The molecule has 1 aliphatic rings. The predicted octanol–water partition coefficient (Wildman–Crippen LogP) is 3.65. The average Bonchev–Trinajstić information content (AvgIpc) is 2.95. The van der Waals surface area contributed by atoms with Gasteiger partial charge >= 0.3 is 0 Å². The second kappa shape index (κ2) is 6.18. The molecule has 102 valence electrons. The van der Waals surface area contributed by atoms with E-state index in [1.54, 1.807) is 11.3 Å². The summed E-state index contributed by atoms with van der Waals surface area (Å²) in [5.74, 6) is 0. The van der Waals surface area contributed by atoms with E-state index in [0.29, 0.717) is 11.5 Å². The molecule has 0 saturated carbocycles. The number of nitrogens with two attached hydrogens (primary N) is 1. The number of hydrogen-bond donors (Lipinski definition) is 1. The highest BCUT2D eigenvalue weighted by molar-refractivity contribution is 7.07. The molecular weight excluding hydrogens is 240 g/mol. The zero-order valence-electron chi connectivity index (χ0n) is 11.7. The molecule has 2 nitrogen and oxygen atoms in total. The molecule has 3 heteroatoms. The van der Waals surface area contributed by atoms with Crippen LogP contribution in [0, 0.1) is 5.41 Å². The summed E-state index contributed by atoms with van der Waals surface area (Å²) in [5.41, 5.74) is 8.00. The van der Waals surface area contributed by atoms with Gasteiger partial charge in [0.2, 0.25) is 0 Å². The topological polar surface area (TPSA) is 29.3 Å². The highest BCUT2D eigenvalue weighted by Crippen LogP contribution is 2.40. The molecule has 18 heavy (non-hydrogen) atoms. The number of rotatable bonds is 5. The number of nitrogens with zero attached hydrogens (tertiary/aromatic N) is 1. The molecule has 0 amide bonds. The van der Waals surface area contributed by atoms with Crippen molar-refractivity contribution < 1.29 is 0 Å². The fourth-order valence-electron chi connectivity index (χ4n) is 3.23. The minimum Gasteiger partial charge on any atom is -0.329 e. The van der Waals surface area contributed by atoms with Gasteiger partial charge in [0, 0.05) is 12.6 Å². The van der Waals surface area contributed by atoms with Crippen molar-refractivity contribution in [3.05, 3.63) is 22.4 Å². The van der Waals surface area contributed by atoms with Crippen LogP contribution in [0.5, 0.6) is 0 Å². The lowest BCUT2D eigenvalue weighted by Crippen LogP contribution is -2.43.